The van der Waals surface area contributed by atoms with E-state index in [2.05, 4.69) is 25.8 Å². The van der Waals surface area contributed by atoms with Gasteiger partial charge in [0.2, 0.25) is 11.8 Å². The van der Waals surface area contributed by atoms with Crippen molar-refractivity contribution in [2.45, 2.75) is 33.6 Å². The Bertz CT molecular complexity index is 1160. The minimum atomic E-state index is -0.355. The summed E-state index contributed by atoms with van der Waals surface area (Å²) in [6, 6.07) is 9.96. The number of benzene rings is 1. The molecule has 1 aromatic carbocycles. The van der Waals surface area contributed by atoms with Crippen LogP contribution in [0.25, 0.3) is 5.95 Å². The zero-order valence-corrected chi connectivity index (χ0v) is 17.3. The Morgan fingerprint density at radius 3 is 2.32 bits per heavy atom. The first kappa shape index (κ1) is 20.2. The molecule has 0 saturated carbocycles. The van der Waals surface area contributed by atoms with Gasteiger partial charge in [-0.3, -0.25) is 19.8 Å². The summed E-state index contributed by atoms with van der Waals surface area (Å²) < 4.78 is 1.49. The highest BCUT2D eigenvalue weighted by molar-refractivity contribution is 6.05. The molecule has 0 unspecified atom stereocenters. The van der Waals surface area contributed by atoms with Crippen LogP contribution in [0, 0.1) is 20.8 Å². The first-order chi connectivity index (χ1) is 14.8. The predicted octanol–water partition coefficient (Wildman–Crippen LogP) is 2.00. The van der Waals surface area contributed by atoms with Crippen molar-refractivity contribution in [1.82, 2.24) is 25.2 Å². The van der Waals surface area contributed by atoms with Gasteiger partial charge in [0.25, 0.3) is 11.9 Å². The van der Waals surface area contributed by atoms with E-state index in [0.717, 1.165) is 11.4 Å². The molecule has 1 aliphatic heterocycles. The number of carbonyl (C=O) groups is 3. The van der Waals surface area contributed by atoms with Crippen molar-refractivity contribution >= 4 is 29.2 Å². The third-order valence-corrected chi connectivity index (χ3v) is 4.67. The molecule has 3 heterocycles. The van der Waals surface area contributed by atoms with Crippen LogP contribution in [0.4, 0.5) is 11.5 Å². The number of nitrogens with zero attached hydrogens (tertiary/aromatic N) is 5. The molecule has 31 heavy (non-hydrogen) atoms. The molecule has 1 saturated heterocycles. The fourth-order valence-corrected chi connectivity index (χ4v) is 3.28. The van der Waals surface area contributed by atoms with E-state index < -0.39 is 0 Å². The van der Waals surface area contributed by atoms with Crippen LogP contribution in [0.15, 0.2) is 36.4 Å². The number of nitrogens with one attached hydrogen (secondary N) is 2. The van der Waals surface area contributed by atoms with Gasteiger partial charge in [-0.15, -0.1) is 0 Å². The van der Waals surface area contributed by atoms with E-state index in [1.54, 1.807) is 30.3 Å². The maximum atomic E-state index is 12.8. The van der Waals surface area contributed by atoms with E-state index in [0.29, 0.717) is 28.7 Å². The molecular formula is C21H21N7O3. The molecular weight excluding hydrogens is 398 g/mol. The lowest BCUT2D eigenvalue weighted by Crippen LogP contribution is -2.50. The summed E-state index contributed by atoms with van der Waals surface area (Å²) >= 11 is 0. The van der Waals surface area contributed by atoms with Gasteiger partial charge in [0.1, 0.15) is 5.82 Å². The minimum absolute atomic E-state index is 0.151. The largest absolute Gasteiger partial charge is 0.306 e. The van der Waals surface area contributed by atoms with E-state index in [1.807, 2.05) is 26.8 Å². The molecule has 3 aromatic rings. The number of anilines is 2. The molecule has 158 valence electrons. The summed E-state index contributed by atoms with van der Waals surface area (Å²) in [5.41, 5.74) is 5.68. The summed E-state index contributed by atoms with van der Waals surface area (Å²) in [7, 11) is 0. The Morgan fingerprint density at radius 2 is 1.65 bits per heavy atom. The highest BCUT2D eigenvalue weighted by Crippen LogP contribution is 2.20. The molecule has 0 bridgehead atoms. The number of rotatable bonds is 4. The third-order valence-electron chi connectivity index (χ3n) is 4.67. The molecule has 4 rings (SSSR count). The fourth-order valence-electron chi connectivity index (χ4n) is 3.28. The van der Waals surface area contributed by atoms with Crippen LogP contribution in [0.2, 0.25) is 0 Å². The summed E-state index contributed by atoms with van der Waals surface area (Å²) in [4.78, 5) is 45.2. The van der Waals surface area contributed by atoms with Gasteiger partial charge in [0, 0.05) is 35.9 Å². The quantitative estimate of drug-likeness (QED) is 0.667. The molecule has 2 aromatic heterocycles. The Kier molecular flexibility index (Phi) is 5.20. The minimum Gasteiger partial charge on any atom is -0.306 e. The highest BCUT2D eigenvalue weighted by Gasteiger charge is 2.24. The van der Waals surface area contributed by atoms with E-state index in [-0.39, 0.29) is 30.6 Å². The standard InChI is InChI=1S/C21H21N7O3/c1-12-10-13(2)23-21(22-12)28-17(11-14(3)25-28)24-20(31)15-4-6-16(7-5-15)27-19(30)9-8-18(29)26-27/h4-7,10-11H,8-9H2,1-3H3,(H,24,31)(H,26,29). The van der Waals surface area contributed by atoms with Crippen molar-refractivity contribution in [1.29, 1.82) is 0 Å². The lowest BCUT2D eigenvalue weighted by atomic mass is 10.1. The zero-order chi connectivity index (χ0) is 22.1. The van der Waals surface area contributed by atoms with Crippen LogP contribution in [-0.2, 0) is 9.59 Å². The zero-order valence-electron chi connectivity index (χ0n) is 17.3. The van der Waals surface area contributed by atoms with Crippen molar-refractivity contribution in [3.05, 3.63) is 59.0 Å². The number of hydrogen-bond acceptors (Lipinski definition) is 6. The molecule has 10 nitrogen and oxygen atoms in total. The van der Waals surface area contributed by atoms with Gasteiger partial charge >= 0.3 is 0 Å². The molecule has 1 aliphatic rings. The summed E-state index contributed by atoms with van der Waals surface area (Å²) in [6.07, 6.45) is 0.324. The molecule has 0 aliphatic carbocycles. The van der Waals surface area contributed by atoms with Crippen LogP contribution in [0.3, 0.4) is 0 Å². The van der Waals surface area contributed by atoms with Crippen molar-refractivity contribution in [2.24, 2.45) is 0 Å². The van der Waals surface area contributed by atoms with E-state index >= 15 is 0 Å². The lowest BCUT2D eigenvalue weighted by molar-refractivity contribution is -0.130. The number of carbonyl (C=O) groups excluding carboxylic acids is 3. The number of aryl methyl sites for hydroxylation is 3. The number of amides is 3. The van der Waals surface area contributed by atoms with E-state index in [4.69, 9.17) is 0 Å². The van der Waals surface area contributed by atoms with Crippen LogP contribution in [0.5, 0.6) is 0 Å². The summed E-state index contributed by atoms with van der Waals surface area (Å²) in [5.74, 6) is 0.0278. The van der Waals surface area contributed by atoms with Gasteiger partial charge in [-0.25, -0.2) is 15.0 Å². The lowest BCUT2D eigenvalue weighted by Gasteiger charge is -2.27. The van der Waals surface area contributed by atoms with E-state index in [1.165, 1.54) is 9.69 Å². The van der Waals surface area contributed by atoms with Gasteiger partial charge in [0.15, 0.2) is 0 Å². The Hall–Kier alpha value is -4.08. The average Bonchev–Trinajstić information content (AvgIpc) is 3.09. The topological polar surface area (TPSA) is 122 Å². The molecule has 10 heteroatoms. The first-order valence-electron chi connectivity index (χ1n) is 9.73. The normalized spacial score (nSPS) is 13.8. The van der Waals surface area contributed by atoms with Crippen LogP contribution < -0.4 is 15.8 Å². The highest BCUT2D eigenvalue weighted by atomic mass is 16.2. The molecule has 3 amide bonds. The second-order valence-electron chi connectivity index (χ2n) is 7.30. The van der Waals surface area contributed by atoms with Crippen LogP contribution in [-0.4, -0.2) is 37.5 Å². The summed E-state index contributed by atoms with van der Waals surface area (Å²) in [5, 5.41) is 8.42. The first-order valence-corrected chi connectivity index (χ1v) is 9.73. The molecule has 1 fully saturated rings. The SMILES string of the molecule is Cc1cc(C)nc(-n2nc(C)cc2NC(=O)c2ccc(N3NC(=O)CCC3=O)cc2)n1. The predicted molar refractivity (Wildman–Crippen MR) is 113 cm³/mol. The van der Waals surface area contributed by atoms with Crippen molar-refractivity contribution < 1.29 is 14.4 Å². The smallest absolute Gasteiger partial charge is 0.256 e. The average molecular weight is 419 g/mol. The van der Waals surface area contributed by atoms with Gasteiger partial charge in [-0.2, -0.15) is 9.78 Å². The van der Waals surface area contributed by atoms with E-state index in [9.17, 15) is 14.4 Å². The second-order valence-corrected chi connectivity index (χ2v) is 7.30. The third kappa shape index (κ3) is 4.27. The van der Waals surface area contributed by atoms with Gasteiger partial charge in [-0.05, 0) is 51.1 Å². The van der Waals surface area contributed by atoms with Gasteiger partial charge in [-0.1, -0.05) is 0 Å². The van der Waals surface area contributed by atoms with Crippen molar-refractivity contribution in [3.63, 3.8) is 0 Å². The fraction of sp³-hybridized carbons (Fsp3) is 0.238. The van der Waals surface area contributed by atoms with Crippen LogP contribution in [0.1, 0.15) is 40.3 Å². The number of aromatic nitrogens is 4. The maximum Gasteiger partial charge on any atom is 0.256 e. The van der Waals surface area contributed by atoms with Crippen molar-refractivity contribution in [3.8, 4) is 5.95 Å². The van der Waals surface area contributed by atoms with Gasteiger partial charge < -0.3 is 5.32 Å². The number of hydrogen-bond donors (Lipinski definition) is 2. The molecule has 2 N–H and O–H groups in total. The maximum absolute atomic E-state index is 12.8. The molecule has 0 radical (unpaired) electrons. The Labute approximate surface area is 178 Å². The Morgan fingerprint density at radius 1 is 0.968 bits per heavy atom. The molecule has 0 spiro atoms. The summed E-state index contributed by atoms with van der Waals surface area (Å²) in [6.45, 7) is 5.54. The molecule has 0 atom stereocenters. The second kappa shape index (κ2) is 7.98. The monoisotopic (exact) mass is 419 g/mol. The van der Waals surface area contributed by atoms with Gasteiger partial charge in [0.05, 0.1) is 11.4 Å². The van der Waals surface area contributed by atoms with Crippen LogP contribution >= 0.6 is 0 Å². The van der Waals surface area contributed by atoms with Crippen molar-refractivity contribution in [2.75, 3.05) is 10.3 Å². The Balaban J connectivity index is 1.55. The number of hydrazine groups is 1.